The Hall–Kier alpha value is -0.830. The van der Waals surface area contributed by atoms with Gasteiger partial charge in [-0.3, -0.25) is 4.79 Å². The third-order valence-electron chi connectivity index (χ3n) is 1.41. The lowest BCUT2D eigenvalue weighted by Crippen LogP contribution is -1.96. The van der Waals surface area contributed by atoms with Crippen LogP contribution in [0, 0.1) is 0 Å². The van der Waals surface area contributed by atoms with Crippen LogP contribution >= 0.6 is 15.9 Å². The molecule has 0 aliphatic carbocycles. The Kier molecular flexibility index (Phi) is 6.21. The van der Waals surface area contributed by atoms with Gasteiger partial charge in [0.1, 0.15) is 5.76 Å². The van der Waals surface area contributed by atoms with Gasteiger partial charge in [-0.1, -0.05) is 22.5 Å². The summed E-state index contributed by atoms with van der Waals surface area (Å²) in [5.41, 5.74) is 0.581. The highest BCUT2D eigenvalue weighted by atomic mass is 79.9. The van der Waals surface area contributed by atoms with E-state index < -0.39 is 0 Å². The van der Waals surface area contributed by atoms with Crippen molar-refractivity contribution in [2.75, 3.05) is 6.61 Å². The van der Waals surface area contributed by atoms with E-state index in [0.717, 1.165) is 4.48 Å². The summed E-state index contributed by atoms with van der Waals surface area (Å²) < 4.78 is 6.03. The third kappa shape index (κ3) is 5.75. The van der Waals surface area contributed by atoms with Crippen LogP contribution in [0.2, 0.25) is 0 Å². The predicted molar refractivity (Wildman–Crippen MR) is 62.2 cm³/mol. The van der Waals surface area contributed by atoms with Gasteiger partial charge in [0.2, 0.25) is 0 Å². The molecule has 0 amide bonds. The van der Waals surface area contributed by atoms with Crippen LogP contribution in [0.15, 0.2) is 34.5 Å². The summed E-state index contributed by atoms with van der Waals surface area (Å²) in [5.74, 6) is 0.493. The van der Waals surface area contributed by atoms with Gasteiger partial charge in [-0.2, -0.15) is 0 Å². The van der Waals surface area contributed by atoms with Gasteiger partial charge in [-0.05, 0) is 37.4 Å². The van der Waals surface area contributed by atoms with E-state index in [1.165, 1.54) is 6.92 Å². The topological polar surface area (TPSA) is 26.3 Å². The smallest absolute Gasteiger partial charge is 0.159 e. The minimum Gasteiger partial charge on any atom is -0.494 e. The molecule has 0 fully saturated rings. The van der Waals surface area contributed by atoms with E-state index in [9.17, 15) is 4.79 Å². The number of allylic oxidation sites excluding steroid dienone is 4. The largest absolute Gasteiger partial charge is 0.494 e. The fourth-order valence-electron chi connectivity index (χ4n) is 0.860. The van der Waals surface area contributed by atoms with Gasteiger partial charge < -0.3 is 4.74 Å². The highest BCUT2D eigenvalue weighted by molar-refractivity contribution is 9.11. The first-order chi connectivity index (χ1) is 6.47. The zero-order valence-electron chi connectivity index (χ0n) is 8.76. The van der Waals surface area contributed by atoms with Gasteiger partial charge in [0, 0.05) is 5.57 Å². The summed E-state index contributed by atoms with van der Waals surface area (Å²) in [6.45, 7) is 9.48. The zero-order chi connectivity index (χ0) is 11.1. The molecular weight excluding hydrogens is 244 g/mol. The first kappa shape index (κ1) is 13.2. The molecule has 3 heteroatoms. The van der Waals surface area contributed by atoms with Crippen LogP contribution in [0.25, 0.3) is 0 Å². The van der Waals surface area contributed by atoms with Crippen molar-refractivity contribution in [1.82, 2.24) is 0 Å². The lowest BCUT2D eigenvalue weighted by molar-refractivity contribution is -0.113. The number of halogens is 1. The van der Waals surface area contributed by atoms with Crippen LogP contribution in [-0.2, 0) is 9.53 Å². The number of ether oxygens (including phenoxy) is 1. The molecular formula is C11H15BrO2. The average Bonchev–Trinajstić information content (AvgIpc) is 2.02. The average molecular weight is 259 g/mol. The molecule has 0 spiro atoms. The molecule has 2 nitrogen and oxygen atoms in total. The molecule has 0 aromatic carbocycles. The lowest BCUT2D eigenvalue weighted by atomic mass is 10.1. The SMILES string of the molecule is C=C(/C=C(\C=C(/C)Br)C(C)=O)OCC. The van der Waals surface area contributed by atoms with Crippen molar-refractivity contribution >= 4 is 21.7 Å². The maximum absolute atomic E-state index is 11.2. The van der Waals surface area contributed by atoms with Crippen LogP contribution in [0.1, 0.15) is 20.8 Å². The standard InChI is InChI=1S/C11H15BrO2/c1-5-14-9(3)7-11(10(4)13)6-8(2)12/h6-7H,3,5H2,1-2,4H3/b8-6+,11-7+. The highest BCUT2D eigenvalue weighted by Crippen LogP contribution is 2.11. The maximum atomic E-state index is 11.2. The van der Waals surface area contributed by atoms with Gasteiger partial charge in [-0.15, -0.1) is 0 Å². The molecule has 0 N–H and O–H groups in total. The summed E-state index contributed by atoms with van der Waals surface area (Å²) in [6, 6.07) is 0. The second-order valence-electron chi connectivity index (χ2n) is 2.79. The maximum Gasteiger partial charge on any atom is 0.159 e. The monoisotopic (exact) mass is 258 g/mol. The molecule has 0 aliphatic heterocycles. The summed E-state index contributed by atoms with van der Waals surface area (Å²) in [7, 11) is 0. The lowest BCUT2D eigenvalue weighted by Gasteiger charge is -2.03. The number of hydrogen-bond acceptors (Lipinski definition) is 2. The summed E-state index contributed by atoms with van der Waals surface area (Å²) >= 11 is 3.27. The quantitative estimate of drug-likeness (QED) is 0.430. The molecule has 0 aliphatic rings. The highest BCUT2D eigenvalue weighted by Gasteiger charge is 2.01. The van der Waals surface area contributed by atoms with Gasteiger partial charge in [0.05, 0.1) is 6.61 Å². The van der Waals surface area contributed by atoms with E-state index in [4.69, 9.17) is 4.74 Å². The van der Waals surface area contributed by atoms with Crippen molar-refractivity contribution in [3.8, 4) is 0 Å². The number of rotatable bonds is 5. The normalized spacial score (nSPS) is 12.6. The summed E-state index contributed by atoms with van der Waals surface area (Å²) in [5, 5.41) is 0. The molecule has 0 aromatic heterocycles. The molecule has 14 heavy (non-hydrogen) atoms. The van der Waals surface area contributed by atoms with E-state index in [1.807, 2.05) is 13.8 Å². The fourth-order valence-corrected chi connectivity index (χ4v) is 1.11. The Bertz CT molecular complexity index is 284. The van der Waals surface area contributed by atoms with Crippen molar-refractivity contribution in [3.05, 3.63) is 34.5 Å². The Labute approximate surface area is 93.5 Å². The Morgan fingerprint density at radius 2 is 2.00 bits per heavy atom. The second kappa shape index (κ2) is 6.60. The molecule has 0 saturated heterocycles. The second-order valence-corrected chi connectivity index (χ2v) is 4.04. The molecule has 0 saturated carbocycles. The molecule has 0 rings (SSSR count). The van der Waals surface area contributed by atoms with Gasteiger partial charge in [0.25, 0.3) is 0 Å². The van der Waals surface area contributed by atoms with E-state index in [0.29, 0.717) is 17.9 Å². The minimum atomic E-state index is -0.00958. The van der Waals surface area contributed by atoms with Crippen LogP contribution in [0.4, 0.5) is 0 Å². The number of ketones is 1. The fraction of sp³-hybridized carbons (Fsp3) is 0.364. The number of carbonyl (C=O) groups is 1. The first-order valence-electron chi connectivity index (χ1n) is 4.35. The predicted octanol–water partition coefficient (Wildman–Crippen LogP) is 3.35. The molecule has 0 atom stereocenters. The minimum absolute atomic E-state index is 0.00958. The summed E-state index contributed by atoms with van der Waals surface area (Å²) in [4.78, 5) is 11.2. The van der Waals surface area contributed by atoms with Crippen LogP contribution in [-0.4, -0.2) is 12.4 Å². The first-order valence-corrected chi connectivity index (χ1v) is 5.14. The van der Waals surface area contributed by atoms with Crippen molar-refractivity contribution in [2.24, 2.45) is 0 Å². The third-order valence-corrected chi connectivity index (χ3v) is 1.64. The number of carbonyl (C=O) groups excluding carboxylic acids is 1. The van der Waals surface area contributed by atoms with Gasteiger partial charge in [-0.25, -0.2) is 0 Å². The Morgan fingerprint density at radius 3 is 2.36 bits per heavy atom. The van der Waals surface area contributed by atoms with Gasteiger partial charge in [0.15, 0.2) is 5.78 Å². The molecule has 0 radical (unpaired) electrons. The van der Waals surface area contributed by atoms with Crippen molar-refractivity contribution in [2.45, 2.75) is 20.8 Å². The number of Topliss-reactive ketones (excluding diaryl/α,β-unsaturated/α-hetero) is 1. The van der Waals surface area contributed by atoms with Crippen molar-refractivity contribution in [3.63, 3.8) is 0 Å². The molecule has 0 aromatic rings. The Morgan fingerprint density at radius 1 is 1.43 bits per heavy atom. The van der Waals surface area contributed by atoms with Crippen molar-refractivity contribution in [1.29, 1.82) is 0 Å². The van der Waals surface area contributed by atoms with Crippen molar-refractivity contribution < 1.29 is 9.53 Å². The van der Waals surface area contributed by atoms with Crippen LogP contribution in [0.3, 0.4) is 0 Å². The molecule has 0 bridgehead atoms. The van der Waals surface area contributed by atoms with E-state index in [1.54, 1.807) is 12.2 Å². The van der Waals surface area contributed by atoms with E-state index >= 15 is 0 Å². The molecule has 78 valence electrons. The van der Waals surface area contributed by atoms with E-state index in [2.05, 4.69) is 22.5 Å². The molecule has 0 heterocycles. The van der Waals surface area contributed by atoms with Crippen LogP contribution < -0.4 is 0 Å². The van der Waals surface area contributed by atoms with E-state index in [-0.39, 0.29) is 5.78 Å². The number of hydrogen-bond donors (Lipinski definition) is 0. The van der Waals surface area contributed by atoms with Gasteiger partial charge >= 0.3 is 0 Å². The Balaban J connectivity index is 4.74. The molecule has 0 unspecified atom stereocenters. The summed E-state index contributed by atoms with van der Waals surface area (Å²) in [6.07, 6.45) is 3.38. The van der Waals surface area contributed by atoms with Crippen LogP contribution in [0.5, 0.6) is 0 Å². The zero-order valence-corrected chi connectivity index (χ0v) is 10.3.